The third-order valence-electron chi connectivity index (χ3n) is 5.88. The van der Waals surface area contributed by atoms with Crippen LogP contribution in [0.4, 0.5) is 11.6 Å². The molecular weight excluding hydrogens is 434 g/mol. The molecule has 0 bridgehead atoms. The molecular formula is C24H31N7O3. The van der Waals surface area contributed by atoms with E-state index in [1.165, 1.54) is 4.90 Å². The highest BCUT2D eigenvalue weighted by molar-refractivity contribution is 5.96. The molecule has 1 amide bonds. The first-order chi connectivity index (χ1) is 16.3. The van der Waals surface area contributed by atoms with E-state index in [2.05, 4.69) is 20.3 Å². The number of likely N-dealkylation sites (N-methyl/N-ethyl adjacent to an activating group) is 1. The maximum Gasteiger partial charge on any atom is 0.265 e. The Bertz CT molecular complexity index is 1220. The number of nitrogens with one attached hydrogen (secondary N) is 1. The second kappa shape index (κ2) is 10.2. The van der Waals surface area contributed by atoms with Gasteiger partial charge in [-0.3, -0.25) is 14.2 Å². The monoisotopic (exact) mass is 465 g/mol. The van der Waals surface area contributed by atoms with Gasteiger partial charge in [-0.15, -0.1) is 0 Å². The minimum atomic E-state index is -0.320. The van der Waals surface area contributed by atoms with Crippen LogP contribution < -0.4 is 15.6 Å². The number of carbonyl (C=O) groups is 1. The van der Waals surface area contributed by atoms with Crippen LogP contribution in [0.15, 0.2) is 35.4 Å². The summed E-state index contributed by atoms with van der Waals surface area (Å²) >= 11 is 0. The Hall–Kier alpha value is -3.53. The molecule has 0 saturated heterocycles. The molecule has 0 unspecified atom stereocenters. The first kappa shape index (κ1) is 23.6. The van der Waals surface area contributed by atoms with Crippen LogP contribution in [0.2, 0.25) is 0 Å². The van der Waals surface area contributed by atoms with Gasteiger partial charge in [0.15, 0.2) is 0 Å². The normalized spacial score (nSPS) is 14.0. The first-order valence-electron chi connectivity index (χ1n) is 11.5. The lowest BCUT2D eigenvalue weighted by molar-refractivity contribution is 0.0825. The summed E-state index contributed by atoms with van der Waals surface area (Å²) in [6.45, 7) is 1.36. The van der Waals surface area contributed by atoms with Gasteiger partial charge in [0.2, 0.25) is 11.8 Å². The van der Waals surface area contributed by atoms with E-state index in [0.29, 0.717) is 35.2 Å². The van der Waals surface area contributed by atoms with Crippen LogP contribution in [0.5, 0.6) is 5.88 Å². The quantitative estimate of drug-likeness (QED) is 0.541. The van der Waals surface area contributed by atoms with E-state index in [-0.39, 0.29) is 23.1 Å². The summed E-state index contributed by atoms with van der Waals surface area (Å²) in [5.74, 6) is 0.577. The molecule has 4 rings (SSSR count). The lowest BCUT2D eigenvalue weighted by Gasteiger charge is -2.19. The summed E-state index contributed by atoms with van der Waals surface area (Å²) in [5, 5.41) is 3.81. The first-order valence-corrected chi connectivity index (χ1v) is 11.5. The van der Waals surface area contributed by atoms with Gasteiger partial charge in [0.1, 0.15) is 17.8 Å². The van der Waals surface area contributed by atoms with Crippen LogP contribution >= 0.6 is 0 Å². The molecule has 0 radical (unpaired) electrons. The number of hydrogen-bond acceptors (Lipinski definition) is 8. The Balaban J connectivity index is 1.64. The summed E-state index contributed by atoms with van der Waals surface area (Å²) in [6, 6.07) is 5.24. The molecule has 1 aliphatic carbocycles. The predicted octanol–water partition coefficient (Wildman–Crippen LogP) is 2.69. The highest BCUT2D eigenvalue weighted by Crippen LogP contribution is 2.31. The summed E-state index contributed by atoms with van der Waals surface area (Å²) in [7, 11) is 7.25. The molecule has 3 aromatic rings. The summed E-state index contributed by atoms with van der Waals surface area (Å²) in [5.41, 5.74) is 1.07. The Morgan fingerprint density at radius 3 is 2.56 bits per heavy atom. The second-order valence-electron chi connectivity index (χ2n) is 9.01. The van der Waals surface area contributed by atoms with Crippen molar-refractivity contribution >= 4 is 28.6 Å². The van der Waals surface area contributed by atoms with Crippen LogP contribution in [0.25, 0.3) is 11.0 Å². The highest BCUT2D eigenvalue weighted by Gasteiger charge is 2.25. The van der Waals surface area contributed by atoms with Gasteiger partial charge in [-0.05, 0) is 39.1 Å². The molecule has 1 N–H and O–H groups in total. The zero-order chi connectivity index (χ0) is 24.2. The molecule has 180 valence electrons. The number of ether oxygens (including phenoxy) is 1. The molecule has 0 aromatic carbocycles. The number of rotatable bonds is 8. The van der Waals surface area contributed by atoms with Gasteiger partial charge < -0.3 is 19.9 Å². The fourth-order valence-corrected chi connectivity index (χ4v) is 4.08. The molecule has 34 heavy (non-hydrogen) atoms. The third-order valence-corrected chi connectivity index (χ3v) is 5.88. The van der Waals surface area contributed by atoms with Crippen LogP contribution in [-0.2, 0) is 0 Å². The van der Waals surface area contributed by atoms with E-state index in [0.717, 1.165) is 32.2 Å². The topological polar surface area (TPSA) is 105 Å². The molecule has 10 heteroatoms. The number of hydrogen-bond donors (Lipinski definition) is 1. The summed E-state index contributed by atoms with van der Waals surface area (Å²) in [4.78, 5) is 42.9. The lowest BCUT2D eigenvalue weighted by atomic mass is 10.1. The number of pyridine rings is 2. The van der Waals surface area contributed by atoms with Crippen molar-refractivity contribution in [3.63, 3.8) is 0 Å². The van der Waals surface area contributed by atoms with Crippen LogP contribution in [-0.4, -0.2) is 76.6 Å². The SMILES string of the molecule is CN(C)CCOc1ccc(Nc2ncc3cc(C(=O)N(C)C)c(=O)n(C4CCCC4)c3n2)cn1. The molecule has 3 heterocycles. The lowest BCUT2D eigenvalue weighted by Crippen LogP contribution is -2.34. The van der Waals surface area contributed by atoms with E-state index in [4.69, 9.17) is 4.74 Å². The minimum Gasteiger partial charge on any atom is -0.476 e. The van der Waals surface area contributed by atoms with Crippen molar-refractivity contribution in [2.75, 3.05) is 46.7 Å². The Labute approximate surface area is 198 Å². The van der Waals surface area contributed by atoms with Crippen molar-refractivity contribution in [2.45, 2.75) is 31.7 Å². The van der Waals surface area contributed by atoms with E-state index < -0.39 is 0 Å². The van der Waals surface area contributed by atoms with E-state index in [1.54, 1.807) is 43.2 Å². The van der Waals surface area contributed by atoms with Crippen LogP contribution in [0.3, 0.4) is 0 Å². The fraction of sp³-hybridized carbons (Fsp3) is 0.458. The predicted molar refractivity (Wildman–Crippen MR) is 131 cm³/mol. The van der Waals surface area contributed by atoms with Crippen LogP contribution in [0.1, 0.15) is 42.1 Å². The fourth-order valence-electron chi connectivity index (χ4n) is 4.08. The molecule has 1 aliphatic rings. The number of nitrogens with zero attached hydrogens (tertiary/aromatic N) is 6. The molecule has 3 aromatic heterocycles. The third kappa shape index (κ3) is 5.17. The standard InChI is InChI=1S/C24H31N7O3/c1-29(2)11-12-34-20-10-9-17(15-25-20)27-24-26-14-16-13-19(22(32)30(3)4)23(33)31(21(16)28-24)18-7-5-6-8-18/h9-10,13-15,18H,5-8,11-12H2,1-4H3,(H,26,27,28). The zero-order valence-electron chi connectivity index (χ0n) is 20.1. The number of anilines is 2. The average molecular weight is 466 g/mol. The largest absolute Gasteiger partial charge is 0.476 e. The van der Waals surface area contributed by atoms with Crippen molar-refractivity contribution in [3.05, 3.63) is 46.5 Å². The maximum absolute atomic E-state index is 13.4. The van der Waals surface area contributed by atoms with Crippen LogP contribution in [0, 0.1) is 0 Å². The average Bonchev–Trinajstić information content (AvgIpc) is 3.33. The highest BCUT2D eigenvalue weighted by atomic mass is 16.5. The van der Waals surface area contributed by atoms with Crippen molar-refractivity contribution in [2.24, 2.45) is 0 Å². The smallest absolute Gasteiger partial charge is 0.265 e. The van der Waals surface area contributed by atoms with E-state index >= 15 is 0 Å². The Morgan fingerprint density at radius 2 is 1.91 bits per heavy atom. The van der Waals surface area contributed by atoms with Crippen molar-refractivity contribution in [3.8, 4) is 5.88 Å². The van der Waals surface area contributed by atoms with Gasteiger partial charge in [0, 0.05) is 44.3 Å². The van der Waals surface area contributed by atoms with Gasteiger partial charge in [-0.1, -0.05) is 12.8 Å². The maximum atomic E-state index is 13.4. The van der Waals surface area contributed by atoms with Gasteiger partial charge in [0.05, 0.1) is 11.9 Å². The zero-order valence-corrected chi connectivity index (χ0v) is 20.1. The van der Waals surface area contributed by atoms with Crippen molar-refractivity contribution in [1.29, 1.82) is 0 Å². The molecule has 1 fully saturated rings. The molecule has 0 atom stereocenters. The molecule has 10 nitrogen and oxygen atoms in total. The molecule has 0 spiro atoms. The molecule has 0 aliphatic heterocycles. The van der Waals surface area contributed by atoms with E-state index in [1.807, 2.05) is 25.1 Å². The van der Waals surface area contributed by atoms with Crippen molar-refractivity contribution < 1.29 is 9.53 Å². The van der Waals surface area contributed by atoms with Crippen molar-refractivity contribution in [1.82, 2.24) is 29.3 Å². The van der Waals surface area contributed by atoms with Gasteiger partial charge in [-0.25, -0.2) is 9.97 Å². The second-order valence-corrected chi connectivity index (χ2v) is 9.01. The summed E-state index contributed by atoms with van der Waals surface area (Å²) in [6.07, 6.45) is 7.18. The number of aromatic nitrogens is 4. The van der Waals surface area contributed by atoms with Gasteiger partial charge >= 0.3 is 0 Å². The number of amides is 1. The minimum absolute atomic E-state index is 0.0212. The van der Waals surface area contributed by atoms with E-state index in [9.17, 15) is 9.59 Å². The number of fused-ring (bicyclic) bond motifs is 1. The number of carbonyl (C=O) groups excluding carboxylic acids is 1. The molecule has 1 saturated carbocycles. The Kier molecular flexibility index (Phi) is 7.06. The Morgan fingerprint density at radius 1 is 1.15 bits per heavy atom. The van der Waals surface area contributed by atoms with Gasteiger partial charge in [0.25, 0.3) is 11.5 Å². The summed E-state index contributed by atoms with van der Waals surface area (Å²) < 4.78 is 7.32. The van der Waals surface area contributed by atoms with Gasteiger partial charge in [-0.2, -0.15) is 4.98 Å².